The van der Waals surface area contributed by atoms with Crippen LogP contribution < -0.4 is 10.5 Å². The number of H-pyrrole nitrogens is 1. The number of aromatic amines is 1. The first-order valence-electron chi connectivity index (χ1n) is 6.30. The zero-order valence-corrected chi connectivity index (χ0v) is 12.3. The van der Waals surface area contributed by atoms with E-state index in [4.69, 9.17) is 4.42 Å². The van der Waals surface area contributed by atoms with E-state index in [9.17, 15) is 18.3 Å². The quantitative estimate of drug-likeness (QED) is 0.638. The third-order valence-electron chi connectivity index (χ3n) is 3.10. The number of aryl methyl sites for hydroxylation is 1. The predicted molar refractivity (Wildman–Crippen MR) is 80.5 cm³/mol. The highest BCUT2D eigenvalue weighted by Crippen LogP contribution is 2.27. The largest absolute Gasteiger partial charge is 0.506 e. The van der Waals surface area contributed by atoms with Gasteiger partial charge in [0, 0.05) is 6.07 Å². The summed E-state index contributed by atoms with van der Waals surface area (Å²) >= 11 is 0. The van der Waals surface area contributed by atoms with Crippen LogP contribution in [-0.2, 0) is 10.0 Å². The molecule has 0 amide bonds. The van der Waals surface area contributed by atoms with E-state index in [1.165, 1.54) is 30.3 Å². The van der Waals surface area contributed by atoms with Gasteiger partial charge in [0.1, 0.15) is 5.75 Å². The van der Waals surface area contributed by atoms with Crippen LogP contribution in [0.15, 0.2) is 50.5 Å². The smallest absolute Gasteiger partial charge is 0.417 e. The number of rotatable bonds is 3. The lowest BCUT2D eigenvalue weighted by Gasteiger charge is -2.10. The first-order chi connectivity index (χ1) is 10.3. The van der Waals surface area contributed by atoms with E-state index >= 15 is 0 Å². The molecule has 0 atom stereocenters. The normalized spacial score (nSPS) is 11.7. The minimum absolute atomic E-state index is 0.0706. The van der Waals surface area contributed by atoms with Crippen molar-refractivity contribution in [3.05, 3.63) is 52.5 Å². The number of hydrogen-bond donors (Lipinski definition) is 3. The maximum Gasteiger partial charge on any atom is 0.417 e. The number of oxazole rings is 1. The van der Waals surface area contributed by atoms with Gasteiger partial charge in [-0.25, -0.2) is 13.2 Å². The molecule has 0 radical (unpaired) electrons. The lowest BCUT2D eigenvalue weighted by Crippen LogP contribution is -2.13. The molecule has 114 valence electrons. The number of hydrogen-bond acceptors (Lipinski definition) is 5. The molecule has 3 rings (SSSR count). The Morgan fingerprint density at radius 2 is 1.95 bits per heavy atom. The van der Waals surface area contributed by atoms with Crippen molar-refractivity contribution in [3.63, 3.8) is 0 Å². The van der Waals surface area contributed by atoms with Crippen molar-refractivity contribution in [2.24, 2.45) is 0 Å². The molecule has 0 spiro atoms. The summed E-state index contributed by atoms with van der Waals surface area (Å²) in [4.78, 5) is 13.4. The molecule has 0 aliphatic rings. The average Bonchev–Trinajstić information content (AvgIpc) is 2.81. The summed E-state index contributed by atoms with van der Waals surface area (Å²) in [6.07, 6.45) is 0. The van der Waals surface area contributed by atoms with Gasteiger partial charge in [0.05, 0.1) is 16.1 Å². The number of anilines is 1. The standard InChI is InChI=1S/C14H12N2O5S/c1-8-2-4-10(12(17)6-8)16-22(19,20)9-3-5-11-13(7-9)21-14(18)15-11/h2-7,16-17H,1H3,(H,15,18). The number of sulfonamides is 1. The van der Waals surface area contributed by atoms with Crippen molar-refractivity contribution in [1.82, 2.24) is 4.98 Å². The predicted octanol–water partition coefficient (Wildman–Crippen LogP) is 1.94. The van der Waals surface area contributed by atoms with Crippen molar-refractivity contribution in [3.8, 4) is 5.75 Å². The Morgan fingerprint density at radius 1 is 1.18 bits per heavy atom. The van der Waals surface area contributed by atoms with Crippen LogP contribution in [0.1, 0.15) is 5.56 Å². The second kappa shape index (κ2) is 4.92. The number of fused-ring (bicyclic) bond motifs is 1. The summed E-state index contributed by atoms with van der Waals surface area (Å²) in [7, 11) is -3.92. The van der Waals surface area contributed by atoms with Gasteiger partial charge in [0.15, 0.2) is 5.58 Å². The van der Waals surface area contributed by atoms with Crippen LogP contribution in [0.4, 0.5) is 5.69 Å². The van der Waals surface area contributed by atoms with Crippen LogP contribution in [0.2, 0.25) is 0 Å². The molecule has 0 aliphatic heterocycles. The molecule has 2 aromatic carbocycles. The molecule has 0 saturated carbocycles. The molecule has 3 aromatic rings. The van der Waals surface area contributed by atoms with Crippen molar-refractivity contribution in [2.75, 3.05) is 4.72 Å². The molecule has 0 aliphatic carbocycles. The van der Waals surface area contributed by atoms with Gasteiger partial charge >= 0.3 is 5.76 Å². The molecule has 7 nitrogen and oxygen atoms in total. The Kier molecular flexibility index (Phi) is 3.18. The molecule has 1 heterocycles. The Morgan fingerprint density at radius 3 is 2.68 bits per heavy atom. The fourth-order valence-electron chi connectivity index (χ4n) is 2.02. The summed E-state index contributed by atoms with van der Waals surface area (Å²) in [5, 5.41) is 9.78. The zero-order valence-electron chi connectivity index (χ0n) is 11.5. The van der Waals surface area contributed by atoms with Gasteiger partial charge in [0.2, 0.25) is 0 Å². The number of nitrogens with one attached hydrogen (secondary N) is 2. The first-order valence-corrected chi connectivity index (χ1v) is 7.79. The molecule has 0 bridgehead atoms. The lowest BCUT2D eigenvalue weighted by atomic mass is 10.2. The maximum atomic E-state index is 12.3. The van der Waals surface area contributed by atoms with Crippen LogP contribution in [-0.4, -0.2) is 18.5 Å². The third-order valence-corrected chi connectivity index (χ3v) is 4.46. The van der Waals surface area contributed by atoms with Gasteiger partial charge in [0.25, 0.3) is 10.0 Å². The number of benzene rings is 2. The first kappa shape index (κ1) is 14.2. The zero-order chi connectivity index (χ0) is 15.9. The van der Waals surface area contributed by atoms with E-state index in [0.29, 0.717) is 5.52 Å². The highest BCUT2D eigenvalue weighted by atomic mass is 32.2. The van der Waals surface area contributed by atoms with E-state index in [0.717, 1.165) is 5.56 Å². The van der Waals surface area contributed by atoms with Gasteiger partial charge in [-0.2, -0.15) is 0 Å². The number of phenolic OH excluding ortho intramolecular Hbond substituents is 1. The van der Waals surface area contributed by atoms with Gasteiger partial charge in [-0.05, 0) is 36.8 Å². The maximum absolute atomic E-state index is 12.3. The summed E-state index contributed by atoms with van der Waals surface area (Å²) in [6.45, 7) is 1.78. The summed E-state index contributed by atoms with van der Waals surface area (Å²) in [6, 6.07) is 8.60. The molecule has 0 unspecified atom stereocenters. The summed E-state index contributed by atoms with van der Waals surface area (Å²) in [5.74, 6) is -0.827. The Hall–Kier alpha value is -2.74. The molecule has 22 heavy (non-hydrogen) atoms. The van der Waals surface area contributed by atoms with Gasteiger partial charge in [-0.3, -0.25) is 9.71 Å². The second-order valence-corrected chi connectivity index (χ2v) is 6.48. The van der Waals surface area contributed by atoms with E-state index in [1.54, 1.807) is 13.0 Å². The minimum Gasteiger partial charge on any atom is -0.506 e. The number of phenols is 1. The SMILES string of the molecule is Cc1ccc(NS(=O)(=O)c2ccc3[nH]c(=O)oc3c2)c(O)c1. The molecular formula is C14H12N2O5S. The molecule has 3 N–H and O–H groups in total. The third kappa shape index (κ3) is 2.56. The van der Waals surface area contributed by atoms with Crippen LogP contribution >= 0.6 is 0 Å². The molecule has 0 fully saturated rings. The van der Waals surface area contributed by atoms with Crippen molar-refractivity contribution >= 4 is 26.8 Å². The molecule has 0 saturated heterocycles. The van der Waals surface area contributed by atoms with Crippen LogP contribution in [0.5, 0.6) is 5.75 Å². The van der Waals surface area contributed by atoms with E-state index < -0.39 is 15.8 Å². The van der Waals surface area contributed by atoms with Crippen molar-refractivity contribution in [2.45, 2.75) is 11.8 Å². The fourth-order valence-corrected chi connectivity index (χ4v) is 3.11. The summed E-state index contributed by atoms with van der Waals surface area (Å²) < 4.78 is 31.8. The average molecular weight is 320 g/mol. The fraction of sp³-hybridized carbons (Fsp3) is 0.0714. The van der Waals surface area contributed by atoms with Crippen molar-refractivity contribution in [1.29, 1.82) is 0 Å². The van der Waals surface area contributed by atoms with Gasteiger partial charge in [-0.1, -0.05) is 6.07 Å². The molecule has 1 aromatic heterocycles. The van der Waals surface area contributed by atoms with Crippen LogP contribution in [0, 0.1) is 6.92 Å². The van der Waals surface area contributed by atoms with E-state index in [-0.39, 0.29) is 21.9 Å². The topological polar surface area (TPSA) is 112 Å². The lowest BCUT2D eigenvalue weighted by molar-refractivity contribution is 0.477. The minimum atomic E-state index is -3.92. The van der Waals surface area contributed by atoms with Crippen LogP contribution in [0.25, 0.3) is 11.1 Å². The monoisotopic (exact) mass is 320 g/mol. The van der Waals surface area contributed by atoms with Crippen LogP contribution in [0.3, 0.4) is 0 Å². The highest BCUT2D eigenvalue weighted by molar-refractivity contribution is 7.92. The van der Waals surface area contributed by atoms with Crippen molar-refractivity contribution < 1.29 is 17.9 Å². The Bertz CT molecular complexity index is 1020. The van der Waals surface area contributed by atoms with Gasteiger partial charge < -0.3 is 9.52 Å². The second-order valence-electron chi connectivity index (χ2n) is 4.80. The van der Waals surface area contributed by atoms with Gasteiger partial charge in [-0.15, -0.1) is 0 Å². The molecule has 8 heteroatoms. The number of aromatic nitrogens is 1. The molecular weight excluding hydrogens is 308 g/mol. The van der Waals surface area contributed by atoms with E-state index in [2.05, 4.69) is 9.71 Å². The number of aromatic hydroxyl groups is 1. The Balaban J connectivity index is 2.01. The van der Waals surface area contributed by atoms with E-state index in [1.807, 2.05) is 0 Å². The highest BCUT2D eigenvalue weighted by Gasteiger charge is 2.17. The Labute approximate surface area is 125 Å². The summed E-state index contributed by atoms with van der Waals surface area (Å²) in [5.41, 5.74) is 1.42.